The number of rotatable bonds is 6. The van der Waals surface area contributed by atoms with Crippen molar-refractivity contribution in [2.24, 2.45) is 0 Å². The summed E-state index contributed by atoms with van der Waals surface area (Å²) >= 11 is 0. The van der Waals surface area contributed by atoms with Crippen LogP contribution in [0.25, 0.3) is 0 Å². The molecule has 0 unspecified atom stereocenters. The molecule has 0 saturated heterocycles. The third-order valence-electron chi connectivity index (χ3n) is 1.43. The van der Waals surface area contributed by atoms with Gasteiger partial charge in [0.05, 0.1) is 0 Å². The molecule has 0 aromatic heterocycles. The van der Waals surface area contributed by atoms with E-state index in [0.29, 0.717) is 0 Å². The zero-order valence-electron chi connectivity index (χ0n) is 7.47. The van der Waals surface area contributed by atoms with Crippen molar-refractivity contribution in [1.82, 2.24) is 0 Å². The Labute approximate surface area is 70.3 Å². The van der Waals surface area contributed by atoms with Crippen LogP contribution < -0.4 is 0 Å². The van der Waals surface area contributed by atoms with Crippen LogP contribution >= 0.6 is 0 Å². The largest absolute Gasteiger partial charge is 0.103 e. The molecule has 0 amide bonds. The van der Waals surface area contributed by atoms with Crippen LogP contribution in [-0.4, -0.2) is 0 Å². The standard InChI is InChI=1S/C11H18/c1-4-5-6-7-8-9-10-11(2)3/h4,9-10H,1-2,5-8H2,3H3. The van der Waals surface area contributed by atoms with Gasteiger partial charge in [-0.1, -0.05) is 30.4 Å². The zero-order chi connectivity index (χ0) is 8.53. The molecular weight excluding hydrogens is 132 g/mol. The Morgan fingerprint density at radius 2 is 1.91 bits per heavy atom. The summed E-state index contributed by atoms with van der Waals surface area (Å²) in [5.41, 5.74) is 1.13. The average molecular weight is 150 g/mol. The summed E-state index contributed by atoms with van der Waals surface area (Å²) in [6.07, 6.45) is 11.1. The van der Waals surface area contributed by atoms with Crippen LogP contribution in [0.2, 0.25) is 0 Å². The van der Waals surface area contributed by atoms with Crippen molar-refractivity contribution in [2.45, 2.75) is 32.6 Å². The minimum Gasteiger partial charge on any atom is -0.103 e. The highest BCUT2D eigenvalue weighted by atomic mass is 13.9. The Morgan fingerprint density at radius 1 is 1.27 bits per heavy atom. The van der Waals surface area contributed by atoms with Crippen molar-refractivity contribution in [3.63, 3.8) is 0 Å². The molecule has 0 heteroatoms. The topological polar surface area (TPSA) is 0 Å². The molecule has 0 atom stereocenters. The van der Waals surface area contributed by atoms with Crippen LogP contribution in [0.5, 0.6) is 0 Å². The molecule has 0 radical (unpaired) electrons. The molecule has 0 aliphatic rings. The third kappa shape index (κ3) is 9.22. The first-order valence-corrected chi connectivity index (χ1v) is 4.20. The fourth-order valence-corrected chi connectivity index (χ4v) is 0.835. The summed E-state index contributed by atoms with van der Waals surface area (Å²) in [6, 6.07) is 0. The average Bonchev–Trinajstić information content (AvgIpc) is 1.96. The lowest BCUT2D eigenvalue weighted by atomic mass is 10.2. The quantitative estimate of drug-likeness (QED) is 0.306. The molecule has 0 fully saturated rings. The van der Waals surface area contributed by atoms with Crippen LogP contribution in [0.3, 0.4) is 0 Å². The minimum absolute atomic E-state index is 1.13. The van der Waals surface area contributed by atoms with E-state index in [4.69, 9.17) is 0 Å². The minimum atomic E-state index is 1.13. The molecule has 0 aromatic carbocycles. The maximum absolute atomic E-state index is 3.79. The highest BCUT2D eigenvalue weighted by Gasteiger charge is 1.81. The van der Waals surface area contributed by atoms with E-state index in [1.807, 2.05) is 13.0 Å². The van der Waals surface area contributed by atoms with E-state index >= 15 is 0 Å². The number of unbranched alkanes of at least 4 members (excludes halogenated alkanes) is 3. The third-order valence-corrected chi connectivity index (χ3v) is 1.43. The first-order chi connectivity index (χ1) is 5.27. The van der Waals surface area contributed by atoms with Gasteiger partial charge in [0.1, 0.15) is 0 Å². The molecule has 0 aliphatic heterocycles. The Morgan fingerprint density at radius 3 is 2.45 bits per heavy atom. The van der Waals surface area contributed by atoms with Crippen LogP contribution in [-0.2, 0) is 0 Å². The fourth-order valence-electron chi connectivity index (χ4n) is 0.835. The van der Waals surface area contributed by atoms with Gasteiger partial charge in [0.25, 0.3) is 0 Å². The second-order valence-electron chi connectivity index (χ2n) is 2.82. The maximum Gasteiger partial charge on any atom is -0.0347 e. The van der Waals surface area contributed by atoms with E-state index in [1.54, 1.807) is 0 Å². The van der Waals surface area contributed by atoms with Crippen LogP contribution in [0.1, 0.15) is 32.6 Å². The molecule has 0 rings (SSSR count). The molecule has 0 bridgehead atoms. The van der Waals surface area contributed by atoms with Gasteiger partial charge in [-0.15, -0.1) is 6.58 Å². The molecule has 0 N–H and O–H groups in total. The molecule has 0 aliphatic carbocycles. The molecular formula is C11H18. The predicted octanol–water partition coefficient (Wildman–Crippen LogP) is 3.87. The first-order valence-electron chi connectivity index (χ1n) is 4.20. The van der Waals surface area contributed by atoms with Gasteiger partial charge in [-0.05, 0) is 32.6 Å². The lowest BCUT2D eigenvalue weighted by Gasteiger charge is -1.91. The lowest BCUT2D eigenvalue weighted by Crippen LogP contribution is -1.71. The van der Waals surface area contributed by atoms with Crippen molar-refractivity contribution in [1.29, 1.82) is 0 Å². The molecule has 11 heavy (non-hydrogen) atoms. The van der Waals surface area contributed by atoms with E-state index in [9.17, 15) is 0 Å². The molecule has 0 aromatic rings. The van der Waals surface area contributed by atoms with Gasteiger partial charge in [-0.3, -0.25) is 0 Å². The summed E-state index contributed by atoms with van der Waals surface area (Å²) in [6.45, 7) is 9.47. The van der Waals surface area contributed by atoms with Crippen molar-refractivity contribution < 1.29 is 0 Å². The van der Waals surface area contributed by atoms with Gasteiger partial charge in [-0.25, -0.2) is 0 Å². The first kappa shape index (κ1) is 10.2. The Kier molecular flexibility index (Phi) is 6.81. The van der Waals surface area contributed by atoms with Crippen molar-refractivity contribution in [3.8, 4) is 0 Å². The van der Waals surface area contributed by atoms with Gasteiger partial charge < -0.3 is 0 Å². The molecule has 0 heterocycles. The summed E-state index contributed by atoms with van der Waals surface area (Å²) < 4.78 is 0. The highest BCUT2D eigenvalue weighted by Crippen LogP contribution is 2.01. The molecule has 62 valence electrons. The SMILES string of the molecule is C=CCCCCC=CC(=C)C. The Balaban J connectivity index is 3.13. The zero-order valence-corrected chi connectivity index (χ0v) is 7.47. The summed E-state index contributed by atoms with van der Waals surface area (Å²) in [5, 5.41) is 0. The summed E-state index contributed by atoms with van der Waals surface area (Å²) in [5.74, 6) is 0. The van der Waals surface area contributed by atoms with E-state index in [2.05, 4.69) is 25.3 Å². The summed E-state index contributed by atoms with van der Waals surface area (Å²) in [7, 11) is 0. The second kappa shape index (κ2) is 7.33. The van der Waals surface area contributed by atoms with Crippen molar-refractivity contribution >= 4 is 0 Å². The second-order valence-corrected chi connectivity index (χ2v) is 2.82. The predicted molar refractivity (Wildman–Crippen MR) is 52.6 cm³/mol. The van der Waals surface area contributed by atoms with Crippen LogP contribution in [0.15, 0.2) is 37.0 Å². The van der Waals surface area contributed by atoms with Crippen LogP contribution in [0, 0.1) is 0 Å². The number of hydrogen-bond donors (Lipinski definition) is 0. The lowest BCUT2D eigenvalue weighted by molar-refractivity contribution is 0.763. The van der Waals surface area contributed by atoms with Gasteiger partial charge in [0.2, 0.25) is 0 Å². The monoisotopic (exact) mass is 150 g/mol. The van der Waals surface area contributed by atoms with E-state index < -0.39 is 0 Å². The highest BCUT2D eigenvalue weighted by molar-refractivity contribution is 5.10. The van der Waals surface area contributed by atoms with Gasteiger partial charge in [0.15, 0.2) is 0 Å². The van der Waals surface area contributed by atoms with Gasteiger partial charge >= 0.3 is 0 Å². The number of allylic oxidation sites excluding steroid dienone is 4. The Hall–Kier alpha value is -0.780. The molecule has 0 nitrogen and oxygen atoms in total. The number of hydrogen-bond acceptors (Lipinski definition) is 0. The van der Waals surface area contributed by atoms with Gasteiger partial charge in [0, 0.05) is 0 Å². The fraction of sp³-hybridized carbons (Fsp3) is 0.455. The van der Waals surface area contributed by atoms with Crippen molar-refractivity contribution in [3.05, 3.63) is 37.0 Å². The normalized spacial score (nSPS) is 10.3. The maximum atomic E-state index is 3.79. The molecule has 0 spiro atoms. The van der Waals surface area contributed by atoms with Gasteiger partial charge in [-0.2, -0.15) is 0 Å². The summed E-state index contributed by atoms with van der Waals surface area (Å²) in [4.78, 5) is 0. The van der Waals surface area contributed by atoms with Crippen molar-refractivity contribution in [2.75, 3.05) is 0 Å². The van der Waals surface area contributed by atoms with E-state index in [1.165, 1.54) is 19.3 Å². The molecule has 0 saturated carbocycles. The van der Waals surface area contributed by atoms with E-state index in [-0.39, 0.29) is 0 Å². The Bertz CT molecular complexity index is 140. The smallest absolute Gasteiger partial charge is 0.0347 e. The van der Waals surface area contributed by atoms with Crippen LogP contribution in [0.4, 0.5) is 0 Å². The van der Waals surface area contributed by atoms with E-state index in [0.717, 1.165) is 12.0 Å².